The summed E-state index contributed by atoms with van der Waals surface area (Å²) in [5.74, 6) is 3.47. The van der Waals surface area contributed by atoms with Crippen LogP contribution in [0.2, 0.25) is 0 Å². The maximum absolute atomic E-state index is 11.1. The topological polar surface area (TPSA) is 66.4 Å². The van der Waals surface area contributed by atoms with Crippen molar-refractivity contribution in [2.24, 2.45) is 5.41 Å². The van der Waals surface area contributed by atoms with Crippen LogP contribution in [0.15, 0.2) is 0 Å². The van der Waals surface area contributed by atoms with Crippen LogP contribution in [0, 0.1) is 17.3 Å². The minimum atomic E-state index is -0.878. The number of carbonyl (C=O) groups is 2. The fraction of sp³-hybridized carbons (Fsp3) is 0.636. The molecule has 0 bridgehead atoms. The lowest BCUT2D eigenvalue weighted by Gasteiger charge is -2.26. The SMILES string of the molecule is CC#CC(=O)NCC(CC)(CC)C(=O)O. The van der Waals surface area contributed by atoms with Crippen LogP contribution in [-0.4, -0.2) is 23.5 Å². The van der Waals surface area contributed by atoms with Gasteiger partial charge in [0.2, 0.25) is 0 Å². The molecule has 0 aromatic rings. The molecule has 4 nitrogen and oxygen atoms in total. The van der Waals surface area contributed by atoms with Gasteiger partial charge in [0, 0.05) is 6.54 Å². The molecule has 4 heteroatoms. The standard InChI is InChI=1S/C11H17NO3/c1-4-7-9(13)12-8-11(5-2,6-3)10(14)15/h5-6,8H2,1-3H3,(H,12,13)(H,14,15). The Balaban J connectivity index is 4.48. The summed E-state index contributed by atoms with van der Waals surface area (Å²) >= 11 is 0. The van der Waals surface area contributed by atoms with Gasteiger partial charge in [-0.15, -0.1) is 0 Å². The van der Waals surface area contributed by atoms with Crippen LogP contribution < -0.4 is 5.32 Å². The molecule has 0 unspecified atom stereocenters. The van der Waals surface area contributed by atoms with Crippen molar-refractivity contribution in [2.45, 2.75) is 33.6 Å². The molecule has 0 aliphatic rings. The van der Waals surface area contributed by atoms with E-state index >= 15 is 0 Å². The smallest absolute Gasteiger partial charge is 0.311 e. The highest BCUT2D eigenvalue weighted by Gasteiger charge is 2.34. The molecule has 0 saturated heterocycles. The van der Waals surface area contributed by atoms with Crippen molar-refractivity contribution in [2.75, 3.05) is 6.54 Å². The van der Waals surface area contributed by atoms with Gasteiger partial charge in [0.05, 0.1) is 5.41 Å². The third-order valence-corrected chi connectivity index (χ3v) is 2.63. The molecule has 0 aromatic carbocycles. The van der Waals surface area contributed by atoms with Crippen molar-refractivity contribution >= 4 is 11.9 Å². The second-order valence-electron chi connectivity index (χ2n) is 3.35. The summed E-state index contributed by atoms with van der Waals surface area (Å²) in [6.07, 6.45) is 0.970. The van der Waals surface area contributed by atoms with Gasteiger partial charge in [0.1, 0.15) is 0 Å². The quantitative estimate of drug-likeness (QED) is 0.667. The number of carboxylic acids is 1. The number of nitrogens with one attached hydrogen (secondary N) is 1. The molecule has 0 atom stereocenters. The molecular weight excluding hydrogens is 194 g/mol. The molecule has 0 aliphatic carbocycles. The maximum atomic E-state index is 11.1. The molecule has 84 valence electrons. The number of hydrogen-bond acceptors (Lipinski definition) is 2. The number of hydrogen-bond donors (Lipinski definition) is 2. The van der Waals surface area contributed by atoms with Crippen molar-refractivity contribution in [3.63, 3.8) is 0 Å². The molecule has 0 rings (SSSR count). The summed E-state index contributed by atoms with van der Waals surface area (Å²) in [6.45, 7) is 5.29. The van der Waals surface area contributed by atoms with Crippen molar-refractivity contribution in [1.82, 2.24) is 5.32 Å². The second-order valence-corrected chi connectivity index (χ2v) is 3.35. The first-order valence-corrected chi connectivity index (χ1v) is 4.96. The summed E-state index contributed by atoms with van der Waals surface area (Å²) in [4.78, 5) is 22.1. The van der Waals surface area contributed by atoms with Crippen LogP contribution in [0.4, 0.5) is 0 Å². The first kappa shape index (κ1) is 13.5. The molecule has 0 spiro atoms. The van der Waals surface area contributed by atoms with E-state index in [4.69, 9.17) is 5.11 Å². The molecule has 0 aliphatic heterocycles. The van der Waals surface area contributed by atoms with E-state index in [-0.39, 0.29) is 6.54 Å². The predicted octanol–water partition coefficient (Wildman–Crippen LogP) is 1.02. The van der Waals surface area contributed by atoms with Gasteiger partial charge in [0.15, 0.2) is 0 Å². The van der Waals surface area contributed by atoms with E-state index in [2.05, 4.69) is 17.2 Å². The molecular formula is C11H17NO3. The van der Waals surface area contributed by atoms with Crippen LogP contribution in [0.5, 0.6) is 0 Å². The Hall–Kier alpha value is -1.50. The largest absolute Gasteiger partial charge is 0.481 e. The van der Waals surface area contributed by atoms with Crippen LogP contribution in [0.25, 0.3) is 0 Å². The molecule has 0 aromatic heterocycles. The van der Waals surface area contributed by atoms with Crippen LogP contribution in [0.1, 0.15) is 33.6 Å². The number of carbonyl (C=O) groups excluding carboxylic acids is 1. The highest BCUT2D eigenvalue weighted by atomic mass is 16.4. The summed E-state index contributed by atoms with van der Waals surface area (Å²) in [5, 5.41) is 11.6. The summed E-state index contributed by atoms with van der Waals surface area (Å²) in [5.41, 5.74) is -0.870. The lowest BCUT2D eigenvalue weighted by molar-refractivity contribution is -0.149. The lowest BCUT2D eigenvalue weighted by Crippen LogP contribution is -2.42. The van der Waals surface area contributed by atoms with Gasteiger partial charge in [-0.2, -0.15) is 0 Å². The van der Waals surface area contributed by atoms with Gasteiger partial charge in [-0.05, 0) is 25.7 Å². The average molecular weight is 211 g/mol. The number of aliphatic carboxylic acids is 1. The van der Waals surface area contributed by atoms with Crippen molar-refractivity contribution in [1.29, 1.82) is 0 Å². The van der Waals surface area contributed by atoms with Crippen molar-refractivity contribution in [3.05, 3.63) is 0 Å². The van der Waals surface area contributed by atoms with E-state index in [0.717, 1.165) is 0 Å². The molecule has 0 heterocycles. The van der Waals surface area contributed by atoms with Crippen LogP contribution in [0.3, 0.4) is 0 Å². The minimum absolute atomic E-state index is 0.128. The number of rotatable bonds is 5. The predicted molar refractivity (Wildman–Crippen MR) is 57.1 cm³/mol. The Morgan fingerprint density at radius 3 is 2.20 bits per heavy atom. The Labute approximate surface area is 90.1 Å². The zero-order valence-corrected chi connectivity index (χ0v) is 9.39. The van der Waals surface area contributed by atoms with E-state index in [1.807, 2.05) is 0 Å². The zero-order chi connectivity index (χ0) is 11.9. The van der Waals surface area contributed by atoms with E-state index in [9.17, 15) is 9.59 Å². The Kier molecular flexibility index (Phi) is 5.46. The normalized spacial score (nSPS) is 10.1. The average Bonchev–Trinajstić information content (AvgIpc) is 2.20. The molecule has 0 fully saturated rings. The number of amides is 1. The monoisotopic (exact) mass is 211 g/mol. The van der Waals surface area contributed by atoms with E-state index < -0.39 is 17.3 Å². The summed E-state index contributed by atoms with van der Waals surface area (Å²) in [6, 6.07) is 0. The maximum Gasteiger partial charge on any atom is 0.311 e. The number of carboxylic acid groups (broad SMARTS) is 1. The zero-order valence-electron chi connectivity index (χ0n) is 9.39. The third-order valence-electron chi connectivity index (χ3n) is 2.63. The van der Waals surface area contributed by atoms with Gasteiger partial charge in [-0.1, -0.05) is 19.8 Å². The summed E-state index contributed by atoms with van der Waals surface area (Å²) in [7, 11) is 0. The van der Waals surface area contributed by atoms with Crippen molar-refractivity contribution in [3.8, 4) is 11.8 Å². The molecule has 0 saturated carbocycles. The van der Waals surface area contributed by atoms with E-state index in [1.54, 1.807) is 20.8 Å². The van der Waals surface area contributed by atoms with Crippen LogP contribution >= 0.6 is 0 Å². The van der Waals surface area contributed by atoms with Gasteiger partial charge < -0.3 is 10.4 Å². The fourth-order valence-corrected chi connectivity index (χ4v) is 1.29. The highest BCUT2D eigenvalue weighted by Crippen LogP contribution is 2.25. The fourth-order valence-electron chi connectivity index (χ4n) is 1.29. The van der Waals surface area contributed by atoms with E-state index in [0.29, 0.717) is 12.8 Å². The Morgan fingerprint density at radius 1 is 1.33 bits per heavy atom. The minimum Gasteiger partial charge on any atom is -0.481 e. The highest BCUT2D eigenvalue weighted by molar-refractivity contribution is 5.93. The molecule has 0 radical (unpaired) electrons. The first-order valence-electron chi connectivity index (χ1n) is 4.96. The van der Waals surface area contributed by atoms with Gasteiger partial charge in [-0.25, -0.2) is 0 Å². The van der Waals surface area contributed by atoms with E-state index in [1.165, 1.54) is 0 Å². The van der Waals surface area contributed by atoms with Crippen LogP contribution in [-0.2, 0) is 9.59 Å². The second kappa shape index (κ2) is 6.07. The lowest BCUT2D eigenvalue weighted by atomic mass is 9.82. The molecule has 1 amide bonds. The Bertz CT molecular complexity index is 295. The molecule has 15 heavy (non-hydrogen) atoms. The molecule has 2 N–H and O–H groups in total. The van der Waals surface area contributed by atoms with Gasteiger partial charge in [-0.3, -0.25) is 9.59 Å². The van der Waals surface area contributed by atoms with Gasteiger partial charge in [0.25, 0.3) is 5.91 Å². The van der Waals surface area contributed by atoms with Crippen molar-refractivity contribution < 1.29 is 14.7 Å². The van der Waals surface area contributed by atoms with Gasteiger partial charge >= 0.3 is 5.97 Å². The Morgan fingerprint density at radius 2 is 1.87 bits per heavy atom. The first-order chi connectivity index (χ1) is 7.02. The summed E-state index contributed by atoms with van der Waals surface area (Å²) < 4.78 is 0. The third kappa shape index (κ3) is 3.62.